The van der Waals surface area contributed by atoms with Crippen LogP contribution in [0.25, 0.3) is 0 Å². The van der Waals surface area contributed by atoms with Crippen LogP contribution in [0.5, 0.6) is 0 Å². The van der Waals surface area contributed by atoms with Crippen molar-refractivity contribution in [1.82, 2.24) is 5.32 Å². The molecule has 1 aliphatic rings. The Hall–Kier alpha value is -2.32. The van der Waals surface area contributed by atoms with Crippen molar-refractivity contribution >= 4 is 21.4 Å². The lowest BCUT2D eigenvalue weighted by Gasteiger charge is -2.25. The number of carbonyl (C=O) groups is 1. The standard InChI is InChI=1S/C16H18N2O5S/c19-15(17-10-12-4-3-8-23-12)13-5-1-2-6-14(13)18-16(20)7-9-24(21,22)11-16/h1-6,8,18,20H,7,9-11H2,(H,17,19)/t16-/m1/s1. The quantitative estimate of drug-likeness (QED) is 0.698. The summed E-state index contributed by atoms with van der Waals surface area (Å²) in [7, 11) is -3.27. The number of furan rings is 1. The van der Waals surface area contributed by atoms with Gasteiger partial charge in [-0.25, -0.2) is 8.42 Å². The molecule has 7 nitrogen and oxygen atoms in total. The van der Waals surface area contributed by atoms with E-state index < -0.39 is 15.6 Å². The number of hydrogen-bond acceptors (Lipinski definition) is 6. The lowest BCUT2D eigenvalue weighted by atomic mass is 10.1. The van der Waals surface area contributed by atoms with Crippen molar-refractivity contribution in [2.45, 2.75) is 18.7 Å². The van der Waals surface area contributed by atoms with E-state index >= 15 is 0 Å². The summed E-state index contributed by atoms with van der Waals surface area (Å²) in [6.07, 6.45) is 1.60. The summed E-state index contributed by atoms with van der Waals surface area (Å²) < 4.78 is 28.4. The van der Waals surface area contributed by atoms with Gasteiger partial charge in [0.1, 0.15) is 5.76 Å². The fourth-order valence-corrected chi connectivity index (χ4v) is 4.38. The van der Waals surface area contributed by atoms with Gasteiger partial charge in [0.15, 0.2) is 15.6 Å². The SMILES string of the molecule is O=C(NCc1ccco1)c1ccccc1N[C@@]1(O)CCS(=O)(=O)C1. The molecule has 1 atom stereocenters. The van der Waals surface area contributed by atoms with Crippen LogP contribution in [0, 0.1) is 0 Å². The van der Waals surface area contributed by atoms with Crippen LogP contribution in [0.3, 0.4) is 0 Å². The van der Waals surface area contributed by atoms with Gasteiger partial charge in [-0.05, 0) is 24.3 Å². The predicted octanol–water partition coefficient (Wildman–Crippen LogP) is 1.13. The van der Waals surface area contributed by atoms with E-state index in [1.54, 1.807) is 36.4 Å². The van der Waals surface area contributed by atoms with Gasteiger partial charge in [0.25, 0.3) is 5.91 Å². The van der Waals surface area contributed by atoms with Crippen molar-refractivity contribution in [3.8, 4) is 0 Å². The van der Waals surface area contributed by atoms with Gasteiger partial charge in [-0.2, -0.15) is 0 Å². The monoisotopic (exact) mass is 350 g/mol. The Morgan fingerprint density at radius 3 is 2.71 bits per heavy atom. The maximum atomic E-state index is 12.4. The normalized spacial score (nSPS) is 22.2. The highest BCUT2D eigenvalue weighted by Gasteiger charge is 2.41. The summed E-state index contributed by atoms with van der Waals surface area (Å²) in [5.41, 5.74) is -0.855. The number of benzene rings is 1. The van der Waals surface area contributed by atoms with Gasteiger partial charge in [-0.3, -0.25) is 4.79 Å². The number of aliphatic hydroxyl groups is 1. The van der Waals surface area contributed by atoms with Gasteiger partial charge in [-0.15, -0.1) is 0 Å². The van der Waals surface area contributed by atoms with Crippen LogP contribution in [0.15, 0.2) is 47.1 Å². The Kier molecular flexibility index (Phi) is 4.33. The molecule has 24 heavy (non-hydrogen) atoms. The second-order valence-electron chi connectivity index (χ2n) is 5.81. The molecule has 0 saturated carbocycles. The average Bonchev–Trinajstić information content (AvgIpc) is 3.13. The van der Waals surface area contributed by atoms with Crippen LogP contribution in [-0.4, -0.2) is 36.7 Å². The first-order valence-corrected chi connectivity index (χ1v) is 9.30. The lowest BCUT2D eigenvalue weighted by Crippen LogP contribution is -2.40. The minimum atomic E-state index is -3.27. The second kappa shape index (κ2) is 6.29. The summed E-state index contributed by atoms with van der Waals surface area (Å²) in [6, 6.07) is 10.1. The van der Waals surface area contributed by atoms with E-state index in [0.29, 0.717) is 17.0 Å². The molecule has 128 valence electrons. The van der Waals surface area contributed by atoms with Crippen LogP contribution >= 0.6 is 0 Å². The first kappa shape index (κ1) is 16.5. The first-order valence-electron chi connectivity index (χ1n) is 7.48. The summed E-state index contributed by atoms with van der Waals surface area (Å²) in [4.78, 5) is 12.4. The Balaban J connectivity index is 1.74. The number of nitrogens with one attached hydrogen (secondary N) is 2. The molecule has 0 radical (unpaired) electrons. The molecule has 1 amide bonds. The molecule has 1 fully saturated rings. The zero-order chi connectivity index (χ0) is 17.2. The number of rotatable bonds is 5. The fourth-order valence-electron chi connectivity index (χ4n) is 2.65. The molecular weight excluding hydrogens is 332 g/mol. The zero-order valence-electron chi connectivity index (χ0n) is 12.9. The van der Waals surface area contributed by atoms with E-state index in [4.69, 9.17) is 4.42 Å². The predicted molar refractivity (Wildman–Crippen MR) is 88.2 cm³/mol. The van der Waals surface area contributed by atoms with E-state index in [2.05, 4.69) is 10.6 Å². The Labute approximate surface area is 139 Å². The van der Waals surface area contributed by atoms with Crippen molar-refractivity contribution in [2.24, 2.45) is 0 Å². The van der Waals surface area contributed by atoms with Gasteiger partial charge in [0.2, 0.25) is 0 Å². The third-order valence-corrected chi connectivity index (χ3v) is 5.57. The highest BCUT2D eigenvalue weighted by atomic mass is 32.2. The van der Waals surface area contributed by atoms with Crippen LogP contribution in [0.4, 0.5) is 5.69 Å². The minimum absolute atomic E-state index is 0.0800. The lowest BCUT2D eigenvalue weighted by molar-refractivity contribution is 0.0940. The number of amides is 1. The molecule has 3 N–H and O–H groups in total. The molecule has 0 aliphatic carbocycles. The number of para-hydroxylation sites is 1. The maximum Gasteiger partial charge on any atom is 0.253 e. The zero-order valence-corrected chi connectivity index (χ0v) is 13.7. The first-order chi connectivity index (χ1) is 11.4. The van der Waals surface area contributed by atoms with Crippen molar-refractivity contribution in [3.05, 3.63) is 54.0 Å². The third kappa shape index (κ3) is 3.77. The van der Waals surface area contributed by atoms with Crippen LogP contribution in [0.1, 0.15) is 22.5 Å². The van der Waals surface area contributed by atoms with E-state index in [9.17, 15) is 18.3 Å². The second-order valence-corrected chi connectivity index (χ2v) is 7.99. The maximum absolute atomic E-state index is 12.4. The molecule has 2 aromatic rings. The van der Waals surface area contributed by atoms with Gasteiger partial charge in [0.05, 0.1) is 29.9 Å². The molecule has 1 saturated heterocycles. The summed E-state index contributed by atoms with van der Waals surface area (Å²) in [6.45, 7) is 0.235. The van der Waals surface area contributed by atoms with Crippen LogP contribution < -0.4 is 10.6 Å². The van der Waals surface area contributed by atoms with Crippen molar-refractivity contribution < 1.29 is 22.7 Å². The molecule has 8 heteroatoms. The number of anilines is 1. The van der Waals surface area contributed by atoms with E-state index in [1.807, 2.05) is 0 Å². The Morgan fingerprint density at radius 1 is 1.25 bits per heavy atom. The highest BCUT2D eigenvalue weighted by Crippen LogP contribution is 2.27. The Morgan fingerprint density at radius 2 is 2.04 bits per heavy atom. The van der Waals surface area contributed by atoms with Gasteiger partial charge in [0, 0.05) is 12.1 Å². The molecular formula is C16H18N2O5S. The van der Waals surface area contributed by atoms with Gasteiger partial charge in [-0.1, -0.05) is 12.1 Å². The van der Waals surface area contributed by atoms with Crippen molar-refractivity contribution in [1.29, 1.82) is 0 Å². The van der Waals surface area contributed by atoms with E-state index in [-0.39, 0.29) is 30.4 Å². The molecule has 0 unspecified atom stereocenters. The smallest absolute Gasteiger partial charge is 0.253 e. The van der Waals surface area contributed by atoms with Crippen molar-refractivity contribution in [2.75, 3.05) is 16.8 Å². The topological polar surface area (TPSA) is 109 Å². The molecule has 0 bridgehead atoms. The van der Waals surface area contributed by atoms with E-state index in [1.165, 1.54) is 6.26 Å². The number of hydrogen-bond donors (Lipinski definition) is 3. The summed E-state index contributed by atoms with van der Waals surface area (Å²) in [5, 5.41) is 16.0. The molecule has 2 heterocycles. The van der Waals surface area contributed by atoms with Gasteiger partial charge >= 0.3 is 0 Å². The number of sulfone groups is 1. The molecule has 0 spiro atoms. The summed E-state index contributed by atoms with van der Waals surface area (Å²) >= 11 is 0. The third-order valence-electron chi connectivity index (χ3n) is 3.83. The highest BCUT2D eigenvalue weighted by molar-refractivity contribution is 7.91. The van der Waals surface area contributed by atoms with E-state index in [0.717, 1.165) is 0 Å². The number of carbonyl (C=O) groups excluding carboxylic acids is 1. The fraction of sp³-hybridized carbons (Fsp3) is 0.312. The summed E-state index contributed by atoms with van der Waals surface area (Å²) in [5.74, 6) is -0.181. The average molecular weight is 350 g/mol. The molecule has 1 aromatic heterocycles. The van der Waals surface area contributed by atoms with Crippen LogP contribution in [0.2, 0.25) is 0 Å². The largest absolute Gasteiger partial charge is 0.467 e. The minimum Gasteiger partial charge on any atom is -0.467 e. The van der Waals surface area contributed by atoms with Gasteiger partial charge < -0.3 is 20.2 Å². The molecule has 1 aliphatic heterocycles. The Bertz CT molecular complexity index is 832. The molecule has 1 aromatic carbocycles. The van der Waals surface area contributed by atoms with Crippen molar-refractivity contribution in [3.63, 3.8) is 0 Å². The van der Waals surface area contributed by atoms with Crippen LogP contribution in [-0.2, 0) is 16.4 Å². The molecule has 3 rings (SSSR count).